The molecule has 224 valence electrons. The van der Waals surface area contributed by atoms with Crippen molar-refractivity contribution in [1.29, 1.82) is 0 Å². The first kappa shape index (κ1) is 32.1. The third-order valence-electron chi connectivity index (χ3n) is 7.01. The molecule has 4 aromatic rings. The van der Waals surface area contributed by atoms with Crippen LogP contribution in [0.3, 0.4) is 0 Å². The molecular weight excluding hydrogens is 605 g/mol. The summed E-state index contributed by atoms with van der Waals surface area (Å²) in [6, 6.07) is 28.2. The van der Waals surface area contributed by atoms with E-state index in [4.69, 9.17) is 23.2 Å². The van der Waals surface area contributed by atoms with E-state index < -0.39 is 28.5 Å². The number of rotatable bonds is 12. The Morgan fingerprint density at radius 1 is 0.814 bits per heavy atom. The van der Waals surface area contributed by atoms with Gasteiger partial charge in [-0.05, 0) is 55.3 Å². The summed E-state index contributed by atoms with van der Waals surface area (Å²) in [6.07, 6.45) is 0.191. The van der Waals surface area contributed by atoms with E-state index in [1.807, 2.05) is 30.3 Å². The van der Waals surface area contributed by atoms with Gasteiger partial charge in [-0.15, -0.1) is 0 Å². The highest BCUT2D eigenvalue weighted by Gasteiger charge is 2.35. The van der Waals surface area contributed by atoms with Crippen LogP contribution in [0.5, 0.6) is 0 Å². The maximum Gasteiger partial charge on any atom is 0.264 e. The zero-order chi connectivity index (χ0) is 31.0. The second-order valence-electron chi connectivity index (χ2n) is 9.93. The number of hydrogen-bond acceptors (Lipinski definition) is 4. The van der Waals surface area contributed by atoms with E-state index in [1.54, 1.807) is 74.5 Å². The Hall–Kier alpha value is -3.85. The normalized spacial score (nSPS) is 11.9. The topological polar surface area (TPSA) is 86.8 Å². The van der Waals surface area contributed by atoms with Crippen molar-refractivity contribution < 1.29 is 18.0 Å². The lowest BCUT2D eigenvalue weighted by Gasteiger charge is -2.34. The van der Waals surface area contributed by atoms with Gasteiger partial charge in [0.2, 0.25) is 11.8 Å². The molecule has 0 spiro atoms. The highest BCUT2D eigenvalue weighted by Crippen LogP contribution is 2.30. The molecule has 43 heavy (non-hydrogen) atoms. The lowest BCUT2D eigenvalue weighted by molar-refractivity contribution is -0.140. The van der Waals surface area contributed by atoms with Crippen LogP contribution >= 0.6 is 23.2 Å². The van der Waals surface area contributed by atoms with Crippen LogP contribution in [0, 0.1) is 6.92 Å². The van der Waals surface area contributed by atoms with Gasteiger partial charge in [0.15, 0.2) is 0 Å². The second kappa shape index (κ2) is 14.6. The Bertz CT molecular complexity index is 1650. The SMILES string of the molecule is CCNC(=O)[C@H](Cc1ccccc1)N(Cc1c(Cl)cccc1Cl)C(=O)CN(c1ccccc1C)S(=O)(=O)c1ccccc1. The molecule has 0 saturated carbocycles. The fraction of sp³-hybridized carbons (Fsp3) is 0.212. The molecule has 0 aromatic heterocycles. The van der Waals surface area contributed by atoms with Crippen molar-refractivity contribution in [3.63, 3.8) is 0 Å². The fourth-order valence-corrected chi connectivity index (χ4v) is 6.79. The minimum absolute atomic E-state index is 0.0383. The molecule has 0 aliphatic carbocycles. The van der Waals surface area contributed by atoms with Crippen LogP contribution in [0.15, 0.2) is 108 Å². The molecule has 0 heterocycles. The summed E-state index contributed by atoms with van der Waals surface area (Å²) in [5, 5.41) is 3.49. The third kappa shape index (κ3) is 7.76. The molecule has 4 rings (SSSR count). The lowest BCUT2D eigenvalue weighted by Crippen LogP contribution is -2.53. The number of carbonyl (C=O) groups excluding carboxylic acids is 2. The molecule has 7 nitrogen and oxygen atoms in total. The average molecular weight is 639 g/mol. The van der Waals surface area contributed by atoms with Gasteiger partial charge in [-0.1, -0.05) is 96.0 Å². The average Bonchev–Trinajstić information content (AvgIpc) is 3.00. The van der Waals surface area contributed by atoms with Crippen molar-refractivity contribution >= 4 is 50.7 Å². The van der Waals surface area contributed by atoms with Crippen molar-refractivity contribution in [2.45, 2.75) is 37.8 Å². The quantitative estimate of drug-likeness (QED) is 0.198. The molecule has 0 fully saturated rings. The van der Waals surface area contributed by atoms with E-state index in [-0.39, 0.29) is 23.8 Å². The van der Waals surface area contributed by atoms with Gasteiger partial charge in [-0.25, -0.2) is 8.42 Å². The predicted octanol–water partition coefficient (Wildman–Crippen LogP) is 6.27. The fourth-order valence-electron chi connectivity index (χ4n) is 4.78. The number of halogens is 2. The molecule has 0 aliphatic rings. The highest BCUT2D eigenvalue weighted by molar-refractivity contribution is 7.92. The summed E-state index contributed by atoms with van der Waals surface area (Å²) in [6.45, 7) is 3.24. The first-order chi connectivity index (χ1) is 20.6. The molecule has 1 N–H and O–H groups in total. The van der Waals surface area contributed by atoms with Crippen LogP contribution in [0.1, 0.15) is 23.6 Å². The molecule has 4 aromatic carbocycles. The number of nitrogens with zero attached hydrogens (tertiary/aromatic N) is 2. The number of amides is 2. The van der Waals surface area contributed by atoms with Crippen LogP contribution in [0.2, 0.25) is 10.0 Å². The zero-order valence-electron chi connectivity index (χ0n) is 23.9. The molecule has 10 heteroatoms. The summed E-state index contributed by atoms with van der Waals surface area (Å²) >= 11 is 13.1. The Labute approximate surface area is 263 Å². The number of anilines is 1. The summed E-state index contributed by atoms with van der Waals surface area (Å²) < 4.78 is 29.2. The number of hydrogen-bond donors (Lipinski definition) is 1. The highest BCUT2D eigenvalue weighted by atomic mass is 35.5. The predicted molar refractivity (Wildman–Crippen MR) is 172 cm³/mol. The molecule has 0 aliphatic heterocycles. The van der Waals surface area contributed by atoms with Crippen molar-refractivity contribution in [2.75, 3.05) is 17.4 Å². The maximum atomic E-state index is 14.4. The summed E-state index contributed by atoms with van der Waals surface area (Å²) in [4.78, 5) is 29.4. The van der Waals surface area contributed by atoms with Gasteiger partial charge >= 0.3 is 0 Å². The number of nitrogens with one attached hydrogen (secondary N) is 1. The number of benzene rings is 4. The Morgan fingerprint density at radius 2 is 1.40 bits per heavy atom. The summed E-state index contributed by atoms with van der Waals surface area (Å²) in [5.74, 6) is -0.970. The van der Waals surface area contributed by atoms with Crippen LogP contribution in [-0.2, 0) is 32.6 Å². The Kier molecular flexibility index (Phi) is 10.9. The molecule has 0 bridgehead atoms. The van der Waals surface area contributed by atoms with Gasteiger partial charge in [0.25, 0.3) is 10.0 Å². The van der Waals surface area contributed by atoms with Crippen molar-refractivity contribution in [3.05, 3.63) is 130 Å². The summed E-state index contributed by atoms with van der Waals surface area (Å²) in [7, 11) is -4.18. The molecule has 2 amide bonds. The van der Waals surface area contributed by atoms with E-state index in [1.165, 1.54) is 17.0 Å². The van der Waals surface area contributed by atoms with E-state index in [0.29, 0.717) is 33.4 Å². The number of likely N-dealkylation sites (N-methyl/N-ethyl adjacent to an activating group) is 1. The van der Waals surface area contributed by atoms with Crippen LogP contribution in [0.25, 0.3) is 0 Å². The smallest absolute Gasteiger partial charge is 0.264 e. The molecular formula is C33H33Cl2N3O4S. The van der Waals surface area contributed by atoms with Crippen LogP contribution < -0.4 is 9.62 Å². The largest absolute Gasteiger partial charge is 0.355 e. The summed E-state index contributed by atoms with van der Waals surface area (Å²) in [5.41, 5.74) is 2.30. The van der Waals surface area contributed by atoms with E-state index in [0.717, 1.165) is 9.87 Å². The van der Waals surface area contributed by atoms with Crippen LogP contribution in [0.4, 0.5) is 5.69 Å². The maximum absolute atomic E-state index is 14.4. The monoisotopic (exact) mass is 637 g/mol. The number of para-hydroxylation sites is 1. The second-order valence-corrected chi connectivity index (χ2v) is 12.6. The number of sulfonamides is 1. The van der Waals surface area contributed by atoms with Crippen molar-refractivity contribution in [3.8, 4) is 0 Å². The Morgan fingerprint density at radius 3 is 2.00 bits per heavy atom. The molecule has 1 atom stereocenters. The minimum Gasteiger partial charge on any atom is -0.355 e. The van der Waals surface area contributed by atoms with Gasteiger partial charge in [0.05, 0.1) is 10.6 Å². The lowest BCUT2D eigenvalue weighted by atomic mass is 10.0. The first-order valence-corrected chi connectivity index (χ1v) is 16.0. The molecule has 0 radical (unpaired) electrons. The molecule has 0 unspecified atom stereocenters. The van der Waals surface area contributed by atoms with E-state index in [9.17, 15) is 18.0 Å². The van der Waals surface area contributed by atoms with Crippen molar-refractivity contribution in [1.82, 2.24) is 10.2 Å². The molecule has 0 saturated heterocycles. The van der Waals surface area contributed by atoms with E-state index >= 15 is 0 Å². The van der Waals surface area contributed by atoms with Gasteiger partial charge in [-0.2, -0.15) is 0 Å². The third-order valence-corrected chi connectivity index (χ3v) is 9.49. The number of aryl methyl sites for hydroxylation is 1. The first-order valence-electron chi connectivity index (χ1n) is 13.8. The van der Waals surface area contributed by atoms with Gasteiger partial charge in [0.1, 0.15) is 12.6 Å². The zero-order valence-corrected chi connectivity index (χ0v) is 26.2. The number of carbonyl (C=O) groups is 2. The van der Waals surface area contributed by atoms with Gasteiger partial charge in [-0.3, -0.25) is 13.9 Å². The van der Waals surface area contributed by atoms with Gasteiger partial charge < -0.3 is 10.2 Å². The Balaban J connectivity index is 1.83. The standard InChI is InChI=1S/C33H33Cl2N3O4S/c1-3-36-33(40)31(21-25-14-6-4-7-15-25)37(22-27-28(34)18-12-19-29(27)35)32(39)23-38(30-20-11-10-13-24(30)2)43(41,42)26-16-8-5-9-17-26/h4-20,31H,3,21-23H2,1-2H3,(H,36,40)/t31-/m0/s1. The van der Waals surface area contributed by atoms with E-state index in [2.05, 4.69) is 5.32 Å². The van der Waals surface area contributed by atoms with Crippen LogP contribution in [-0.4, -0.2) is 44.3 Å². The van der Waals surface area contributed by atoms with Crippen molar-refractivity contribution in [2.24, 2.45) is 0 Å². The van der Waals surface area contributed by atoms with Gasteiger partial charge in [0, 0.05) is 35.1 Å². The minimum atomic E-state index is -4.18.